The second kappa shape index (κ2) is 11.9. The first-order chi connectivity index (χ1) is 28.8. The molecule has 1 atom stereocenters. The maximum atomic E-state index is 5.46. The van der Waals surface area contributed by atoms with Crippen LogP contribution in [-0.2, 0) is 5.41 Å². The van der Waals surface area contributed by atoms with Crippen LogP contribution in [0.1, 0.15) is 22.3 Å². The number of aromatic nitrogens is 3. The Labute approximate surface area is 339 Å². The van der Waals surface area contributed by atoms with Crippen molar-refractivity contribution in [2.24, 2.45) is 0 Å². The average Bonchev–Trinajstić information content (AvgIpc) is 3.81. The third-order valence-corrected chi connectivity index (χ3v) is 13.7. The summed E-state index contributed by atoms with van der Waals surface area (Å²) < 4.78 is 4.91. The Bertz CT molecular complexity index is 3430. The molecule has 0 saturated carbocycles. The zero-order valence-electron chi connectivity index (χ0n) is 31.3. The number of pyridine rings is 1. The Kier molecular flexibility index (Phi) is 6.59. The maximum absolute atomic E-state index is 5.46. The number of nitrogens with zero attached hydrogens (tertiary/aromatic N) is 3. The minimum atomic E-state index is -0.555. The van der Waals surface area contributed by atoms with Gasteiger partial charge in [0, 0.05) is 36.9 Å². The first-order valence-electron chi connectivity index (χ1n) is 19.9. The molecule has 8 aromatic carbocycles. The summed E-state index contributed by atoms with van der Waals surface area (Å²) in [4.78, 5) is 8.00. The molecule has 1 unspecified atom stereocenters. The fourth-order valence-corrected chi connectivity index (χ4v) is 11.4. The second-order valence-corrected chi connectivity index (χ2v) is 16.6. The van der Waals surface area contributed by atoms with Crippen LogP contribution in [0.5, 0.6) is 0 Å². The van der Waals surface area contributed by atoms with E-state index in [1.54, 1.807) is 0 Å². The quantitative estimate of drug-likeness (QED) is 0.179. The highest BCUT2D eigenvalue weighted by molar-refractivity contribution is 7.99. The summed E-state index contributed by atoms with van der Waals surface area (Å²) in [7, 11) is 0. The Morgan fingerprint density at radius 2 is 1.00 bits per heavy atom. The van der Waals surface area contributed by atoms with Gasteiger partial charge in [0.15, 0.2) is 0 Å². The number of rotatable bonds is 3. The lowest BCUT2D eigenvalue weighted by molar-refractivity contribution is 0.691. The Hall–Kier alpha value is -7.14. The molecule has 58 heavy (non-hydrogen) atoms. The van der Waals surface area contributed by atoms with Gasteiger partial charge in [-0.2, -0.15) is 0 Å². The molecule has 0 bridgehead atoms. The van der Waals surface area contributed by atoms with E-state index >= 15 is 0 Å². The van der Waals surface area contributed by atoms with Crippen molar-refractivity contribution in [3.8, 4) is 33.9 Å². The highest BCUT2D eigenvalue weighted by atomic mass is 32.2. The fourth-order valence-electron chi connectivity index (χ4n) is 10.2. The van der Waals surface area contributed by atoms with E-state index in [4.69, 9.17) is 4.98 Å². The molecular weight excluding hydrogens is 723 g/mol. The summed E-state index contributed by atoms with van der Waals surface area (Å²) in [5.41, 5.74) is 15.1. The van der Waals surface area contributed by atoms with Gasteiger partial charge in [-0.15, -0.1) is 0 Å². The Balaban J connectivity index is 1.16. The van der Waals surface area contributed by atoms with Gasteiger partial charge in [0.05, 0.1) is 38.9 Å². The Morgan fingerprint density at radius 3 is 1.81 bits per heavy atom. The average molecular weight is 756 g/mol. The SMILES string of the molecule is c1ccc(-c2cc(-c3ccccc3)nc(-n3c4ccccc4c4cc5c(cc43)Sc3ccccc3C53c4ccccc4-n4c5ccccc5c5cccc3c54)c2)cc1. The highest BCUT2D eigenvalue weighted by Gasteiger charge is 2.49. The lowest BCUT2D eigenvalue weighted by Crippen LogP contribution is -2.37. The van der Waals surface area contributed by atoms with Crippen LogP contribution in [0.25, 0.3) is 77.5 Å². The number of hydrogen-bond donors (Lipinski definition) is 0. The van der Waals surface area contributed by atoms with E-state index in [-0.39, 0.29) is 0 Å². The molecule has 3 nitrogen and oxygen atoms in total. The van der Waals surface area contributed by atoms with Crippen LogP contribution in [0, 0.1) is 0 Å². The molecule has 5 heterocycles. The third kappa shape index (κ3) is 4.22. The first kappa shape index (κ1) is 32.0. The molecule has 2 aliphatic rings. The predicted octanol–water partition coefficient (Wildman–Crippen LogP) is 13.8. The zero-order chi connectivity index (χ0) is 38.0. The minimum Gasteiger partial charge on any atom is -0.309 e. The monoisotopic (exact) mass is 755 g/mol. The van der Waals surface area contributed by atoms with Gasteiger partial charge in [-0.05, 0) is 81.9 Å². The van der Waals surface area contributed by atoms with Gasteiger partial charge >= 0.3 is 0 Å². The van der Waals surface area contributed by atoms with E-state index in [0.717, 1.165) is 39.2 Å². The van der Waals surface area contributed by atoms with Crippen molar-refractivity contribution < 1.29 is 0 Å². The van der Waals surface area contributed by atoms with Crippen molar-refractivity contribution in [1.82, 2.24) is 14.1 Å². The summed E-state index contributed by atoms with van der Waals surface area (Å²) >= 11 is 1.89. The summed E-state index contributed by atoms with van der Waals surface area (Å²) in [6.45, 7) is 0. The molecule has 13 rings (SSSR count). The molecule has 0 saturated heterocycles. The Morgan fingerprint density at radius 1 is 0.379 bits per heavy atom. The second-order valence-electron chi connectivity index (χ2n) is 15.5. The first-order valence-corrected chi connectivity index (χ1v) is 20.7. The number of para-hydroxylation sites is 4. The molecule has 1 spiro atoms. The lowest BCUT2D eigenvalue weighted by atomic mass is 9.62. The van der Waals surface area contributed by atoms with Gasteiger partial charge in [-0.3, -0.25) is 4.57 Å². The summed E-state index contributed by atoms with van der Waals surface area (Å²) in [5.74, 6) is 0.902. The molecule has 2 aliphatic heterocycles. The van der Waals surface area contributed by atoms with Crippen molar-refractivity contribution in [3.05, 3.63) is 222 Å². The van der Waals surface area contributed by atoms with E-state index in [9.17, 15) is 0 Å². The zero-order valence-corrected chi connectivity index (χ0v) is 32.1. The highest BCUT2D eigenvalue weighted by Crippen LogP contribution is 2.61. The molecular formula is C54H33N3S. The molecule has 3 aromatic heterocycles. The molecule has 0 radical (unpaired) electrons. The van der Waals surface area contributed by atoms with Crippen molar-refractivity contribution >= 4 is 55.4 Å². The van der Waals surface area contributed by atoms with Crippen LogP contribution in [0.2, 0.25) is 0 Å². The smallest absolute Gasteiger partial charge is 0.138 e. The largest absolute Gasteiger partial charge is 0.309 e. The van der Waals surface area contributed by atoms with Crippen molar-refractivity contribution in [1.29, 1.82) is 0 Å². The van der Waals surface area contributed by atoms with Gasteiger partial charge in [0.1, 0.15) is 5.82 Å². The summed E-state index contributed by atoms with van der Waals surface area (Å²) in [6, 6.07) is 73.6. The predicted molar refractivity (Wildman–Crippen MR) is 240 cm³/mol. The van der Waals surface area contributed by atoms with Gasteiger partial charge in [0.25, 0.3) is 0 Å². The molecule has 0 aliphatic carbocycles. The summed E-state index contributed by atoms with van der Waals surface area (Å²) in [6.07, 6.45) is 0. The standard InChI is InChI=1S/C54H33N3S/c1-3-16-34(17-4-1)36-30-45(35-18-5-2-6-19-35)55-52(31-36)56-46-26-11-8-21-38(46)40-32-44-51(33-49(40)56)58-50-29-14-10-24-42(50)54(44)41-23-9-13-28-48(41)57-47-27-12-7-20-37(47)39-22-15-25-43(54)53(39)57/h1-33H. The molecule has 4 heteroatoms. The van der Waals surface area contributed by atoms with E-state index in [1.807, 2.05) is 11.8 Å². The van der Waals surface area contributed by atoms with Crippen molar-refractivity contribution in [2.45, 2.75) is 15.2 Å². The number of fused-ring (bicyclic) bond motifs is 14. The van der Waals surface area contributed by atoms with E-state index in [0.29, 0.717) is 0 Å². The van der Waals surface area contributed by atoms with Crippen LogP contribution < -0.4 is 0 Å². The van der Waals surface area contributed by atoms with Gasteiger partial charge in [-0.25, -0.2) is 4.98 Å². The van der Waals surface area contributed by atoms with E-state index < -0.39 is 5.41 Å². The molecule has 11 aromatic rings. The topological polar surface area (TPSA) is 22.8 Å². The van der Waals surface area contributed by atoms with E-state index in [2.05, 4.69) is 209 Å². The molecule has 270 valence electrons. The molecule has 0 amide bonds. The van der Waals surface area contributed by atoms with Crippen molar-refractivity contribution in [2.75, 3.05) is 0 Å². The number of benzene rings is 8. The molecule has 0 N–H and O–H groups in total. The third-order valence-electron chi connectivity index (χ3n) is 12.6. The number of hydrogen-bond acceptors (Lipinski definition) is 2. The van der Waals surface area contributed by atoms with Crippen LogP contribution in [0.4, 0.5) is 0 Å². The van der Waals surface area contributed by atoms with Crippen LogP contribution >= 0.6 is 11.8 Å². The van der Waals surface area contributed by atoms with Crippen LogP contribution in [0.3, 0.4) is 0 Å². The minimum absolute atomic E-state index is 0.555. The van der Waals surface area contributed by atoms with Gasteiger partial charge in [-0.1, -0.05) is 163 Å². The van der Waals surface area contributed by atoms with Gasteiger partial charge < -0.3 is 4.57 Å². The van der Waals surface area contributed by atoms with E-state index in [1.165, 1.54) is 70.3 Å². The van der Waals surface area contributed by atoms with Gasteiger partial charge in [0.2, 0.25) is 0 Å². The van der Waals surface area contributed by atoms with Crippen LogP contribution in [-0.4, -0.2) is 14.1 Å². The van der Waals surface area contributed by atoms with Crippen LogP contribution in [0.15, 0.2) is 210 Å². The lowest BCUT2D eigenvalue weighted by Gasteiger charge is -2.45. The normalized spacial score (nSPS) is 15.2. The fraction of sp³-hybridized carbons (Fsp3) is 0.0185. The summed E-state index contributed by atoms with van der Waals surface area (Å²) in [5, 5.41) is 5.00. The molecule has 0 fully saturated rings. The maximum Gasteiger partial charge on any atom is 0.138 e. The van der Waals surface area contributed by atoms with Crippen molar-refractivity contribution in [3.63, 3.8) is 0 Å².